The maximum Gasteiger partial charge on any atom is 0.258 e. The first-order valence-corrected chi connectivity index (χ1v) is 9.58. The second-order valence-corrected chi connectivity index (χ2v) is 7.79. The van der Waals surface area contributed by atoms with E-state index in [2.05, 4.69) is 35.5 Å². The lowest BCUT2D eigenvalue weighted by Gasteiger charge is -2.29. The van der Waals surface area contributed by atoms with Crippen LogP contribution >= 0.6 is 11.8 Å². The third-order valence-corrected chi connectivity index (χ3v) is 5.83. The average Bonchev–Trinajstić information content (AvgIpc) is 2.80. The topological polar surface area (TPSA) is 49.0 Å². The van der Waals surface area contributed by atoms with Gasteiger partial charge in [-0.25, -0.2) is 4.98 Å². The van der Waals surface area contributed by atoms with Crippen molar-refractivity contribution in [3.63, 3.8) is 0 Å². The van der Waals surface area contributed by atoms with E-state index in [0.29, 0.717) is 10.6 Å². The Morgan fingerprint density at radius 2 is 2.22 bits per heavy atom. The number of H-pyrrole nitrogens is 1. The van der Waals surface area contributed by atoms with E-state index in [9.17, 15) is 4.79 Å². The molecular weight excluding hydrogens is 306 g/mol. The third-order valence-electron chi connectivity index (χ3n) is 4.64. The summed E-state index contributed by atoms with van der Waals surface area (Å²) in [5.41, 5.74) is 0.749. The summed E-state index contributed by atoms with van der Waals surface area (Å²) in [5.74, 6) is 1.95. The van der Waals surface area contributed by atoms with Crippen LogP contribution in [0.5, 0.6) is 0 Å². The number of hydrogen-bond acceptors (Lipinski definition) is 4. The standard InChI is InChI=1S/C18H25N3OS/c1-3-23-14-8-6-7-11-21(12-14)13(2)17-19-16-10-5-4-9-15(16)18(22)20-17/h4-5,9-10,13-14H,3,6-8,11-12H2,1-2H3,(H,19,20,22)/t13-,14-/m0/s1. The zero-order chi connectivity index (χ0) is 16.2. The molecule has 1 saturated heterocycles. The quantitative estimate of drug-likeness (QED) is 0.930. The van der Waals surface area contributed by atoms with Crippen molar-refractivity contribution in [1.82, 2.24) is 14.9 Å². The normalized spacial score (nSPS) is 21.2. The van der Waals surface area contributed by atoms with Gasteiger partial charge in [-0.2, -0.15) is 11.8 Å². The number of para-hydroxylation sites is 1. The number of thioether (sulfide) groups is 1. The number of hydrogen-bond donors (Lipinski definition) is 1. The lowest BCUT2D eigenvalue weighted by atomic mass is 10.2. The fourth-order valence-electron chi connectivity index (χ4n) is 3.33. The molecule has 23 heavy (non-hydrogen) atoms. The second-order valence-electron chi connectivity index (χ2n) is 6.21. The molecule has 5 heteroatoms. The molecule has 124 valence electrons. The van der Waals surface area contributed by atoms with E-state index in [1.165, 1.54) is 19.3 Å². The molecule has 0 radical (unpaired) electrons. The Kier molecular flexibility index (Phi) is 5.38. The van der Waals surface area contributed by atoms with Crippen LogP contribution in [0, 0.1) is 0 Å². The number of aromatic nitrogens is 2. The number of likely N-dealkylation sites (tertiary alicyclic amines) is 1. The van der Waals surface area contributed by atoms with E-state index in [1.807, 2.05) is 24.3 Å². The van der Waals surface area contributed by atoms with Crippen molar-refractivity contribution in [3.05, 3.63) is 40.4 Å². The molecule has 0 bridgehead atoms. The van der Waals surface area contributed by atoms with Gasteiger partial charge in [0.05, 0.1) is 16.9 Å². The molecule has 0 saturated carbocycles. The summed E-state index contributed by atoms with van der Waals surface area (Å²) >= 11 is 2.05. The third kappa shape index (κ3) is 3.78. The number of benzene rings is 1. The van der Waals surface area contributed by atoms with Crippen LogP contribution in [0.1, 0.15) is 45.0 Å². The summed E-state index contributed by atoms with van der Waals surface area (Å²) in [6.07, 6.45) is 3.81. The molecule has 1 N–H and O–H groups in total. The summed E-state index contributed by atoms with van der Waals surface area (Å²) in [5, 5.41) is 1.36. The Morgan fingerprint density at radius 1 is 1.39 bits per heavy atom. The summed E-state index contributed by atoms with van der Waals surface area (Å²) in [4.78, 5) is 22.5. The summed E-state index contributed by atoms with van der Waals surface area (Å²) in [7, 11) is 0. The fraction of sp³-hybridized carbons (Fsp3) is 0.556. The minimum atomic E-state index is -0.0354. The van der Waals surface area contributed by atoms with Crippen LogP contribution in [0.25, 0.3) is 10.9 Å². The Bertz CT molecular complexity index is 715. The van der Waals surface area contributed by atoms with E-state index >= 15 is 0 Å². The van der Waals surface area contributed by atoms with E-state index in [0.717, 1.165) is 30.2 Å². The molecule has 1 aromatic carbocycles. The molecule has 3 rings (SSSR count). The van der Waals surface area contributed by atoms with Crippen molar-refractivity contribution in [2.45, 2.75) is 44.4 Å². The molecule has 4 nitrogen and oxygen atoms in total. The highest BCUT2D eigenvalue weighted by Crippen LogP contribution is 2.27. The van der Waals surface area contributed by atoms with Gasteiger partial charge in [-0.1, -0.05) is 25.5 Å². The van der Waals surface area contributed by atoms with Gasteiger partial charge in [0, 0.05) is 11.8 Å². The van der Waals surface area contributed by atoms with E-state index < -0.39 is 0 Å². The molecule has 2 aromatic rings. The molecule has 0 amide bonds. The van der Waals surface area contributed by atoms with Gasteiger partial charge in [-0.05, 0) is 44.2 Å². The highest BCUT2D eigenvalue weighted by Gasteiger charge is 2.24. The van der Waals surface area contributed by atoms with Gasteiger partial charge in [0.2, 0.25) is 0 Å². The first kappa shape index (κ1) is 16.5. The van der Waals surface area contributed by atoms with Gasteiger partial charge in [0.1, 0.15) is 5.82 Å². The molecule has 1 aromatic heterocycles. The van der Waals surface area contributed by atoms with Crippen LogP contribution in [-0.4, -0.2) is 39.0 Å². The summed E-state index contributed by atoms with van der Waals surface area (Å²) < 4.78 is 0. The van der Waals surface area contributed by atoms with Crippen LogP contribution < -0.4 is 5.56 Å². The molecule has 1 aliphatic heterocycles. The van der Waals surface area contributed by atoms with Crippen molar-refractivity contribution in [2.75, 3.05) is 18.8 Å². The molecule has 2 atom stereocenters. The summed E-state index contributed by atoms with van der Waals surface area (Å²) in [6, 6.07) is 7.70. The Hall–Kier alpha value is -1.33. The molecule has 1 aliphatic rings. The average molecular weight is 331 g/mol. The van der Waals surface area contributed by atoms with Crippen LogP contribution in [0.15, 0.2) is 29.1 Å². The van der Waals surface area contributed by atoms with E-state index in [1.54, 1.807) is 0 Å². The maximum atomic E-state index is 12.3. The maximum absolute atomic E-state index is 12.3. The molecule has 1 fully saturated rings. The number of nitrogens with zero attached hydrogens (tertiary/aromatic N) is 2. The SMILES string of the molecule is CCS[C@H]1CCCCN([C@@H](C)c2nc3ccccc3c(=O)[nH]2)C1. The zero-order valence-corrected chi connectivity index (χ0v) is 14.7. The van der Waals surface area contributed by atoms with Gasteiger partial charge in [0.25, 0.3) is 5.56 Å². The number of rotatable bonds is 4. The molecule has 0 spiro atoms. The Labute approximate surface area is 141 Å². The van der Waals surface area contributed by atoms with Gasteiger partial charge in [-0.3, -0.25) is 9.69 Å². The van der Waals surface area contributed by atoms with Crippen LogP contribution in [0.3, 0.4) is 0 Å². The van der Waals surface area contributed by atoms with Crippen LogP contribution in [-0.2, 0) is 0 Å². The predicted molar refractivity (Wildman–Crippen MR) is 98.1 cm³/mol. The molecule has 0 unspecified atom stereocenters. The monoisotopic (exact) mass is 331 g/mol. The lowest BCUT2D eigenvalue weighted by molar-refractivity contribution is 0.213. The largest absolute Gasteiger partial charge is 0.309 e. The number of aromatic amines is 1. The fourth-order valence-corrected chi connectivity index (χ4v) is 4.43. The predicted octanol–water partition coefficient (Wildman–Crippen LogP) is 3.59. The lowest BCUT2D eigenvalue weighted by Crippen LogP contribution is -2.34. The van der Waals surface area contributed by atoms with Gasteiger partial charge in [0.15, 0.2) is 0 Å². The van der Waals surface area contributed by atoms with E-state index in [4.69, 9.17) is 4.98 Å². The number of fused-ring (bicyclic) bond motifs is 1. The second kappa shape index (κ2) is 7.49. The smallest absolute Gasteiger partial charge is 0.258 e. The highest BCUT2D eigenvalue weighted by molar-refractivity contribution is 7.99. The van der Waals surface area contributed by atoms with Crippen LogP contribution in [0.4, 0.5) is 0 Å². The van der Waals surface area contributed by atoms with Gasteiger partial charge < -0.3 is 4.98 Å². The first-order chi connectivity index (χ1) is 11.2. The molecule has 0 aliphatic carbocycles. The minimum absolute atomic E-state index is 0.0354. The number of nitrogens with one attached hydrogen (secondary N) is 1. The van der Waals surface area contributed by atoms with Crippen LogP contribution in [0.2, 0.25) is 0 Å². The molecular formula is C18H25N3OS. The van der Waals surface area contributed by atoms with Crippen molar-refractivity contribution >= 4 is 22.7 Å². The highest BCUT2D eigenvalue weighted by atomic mass is 32.2. The van der Waals surface area contributed by atoms with E-state index in [-0.39, 0.29) is 11.6 Å². The first-order valence-electron chi connectivity index (χ1n) is 8.53. The van der Waals surface area contributed by atoms with Gasteiger partial charge in [-0.15, -0.1) is 0 Å². The van der Waals surface area contributed by atoms with Crippen molar-refractivity contribution in [3.8, 4) is 0 Å². The van der Waals surface area contributed by atoms with Crippen molar-refractivity contribution in [2.24, 2.45) is 0 Å². The van der Waals surface area contributed by atoms with Gasteiger partial charge >= 0.3 is 0 Å². The molecule has 2 heterocycles. The Balaban J connectivity index is 1.86. The van der Waals surface area contributed by atoms with Crippen molar-refractivity contribution < 1.29 is 0 Å². The minimum Gasteiger partial charge on any atom is -0.309 e. The zero-order valence-electron chi connectivity index (χ0n) is 13.9. The van der Waals surface area contributed by atoms with Crippen molar-refractivity contribution in [1.29, 1.82) is 0 Å². The summed E-state index contributed by atoms with van der Waals surface area (Å²) in [6.45, 7) is 6.55. The Morgan fingerprint density at radius 3 is 3.04 bits per heavy atom.